The van der Waals surface area contributed by atoms with E-state index in [1.807, 2.05) is 0 Å². The second-order valence-electron chi connectivity index (χ2n) is 22.9. The minimum atomic E-state index is -1.78. The summed E-state index contributed by atoms with van der Waals surface area (Å²) in [7, 11) is 0. The molecule has 0 spiro atoms. The lowest BCUT2D eigenvalue weighted by molar-refractivity contribution is -0.359. The average Bonchev–Trinajstić information content (AvgIpc) is 3.41. The third-order valence-corrected chi connectivity index (χ3v) is 16.1. The summed E-state index contributed by atoms with van der Waals surface area (Å²) < 4.78 is 22.8. The molecule has 2 heterocycles. The Morgan fingerprint density at radius 2 is 0.760 bits per heavy atom. The van der Waals surface area contributed by atoms with Gasteiger partial charge in [0.25, 0.3) is 0 Å². The van der Waals surface area contributed by atoms with Gasteiger partial charge in [-0.1, -0.05) is 271 Å². The molecule has 14 nitrogen and oxygen atoms in total. The van der Waals surface area contributed by atoms with Crippen molar-refractivity contribution in [3.8, 4) is 0 Å². The zero-order valence-corrected chi connectivity index (χ0v) is 48.1. The van der Waals surface area contributed by atoms with Crippen LogP contribution >= 0.6 is 0 Å². The largest absolute Gasteiger partial charge is 0.394 e. The third-order valence-electron chi connectivity index (χ3n) is 16.1. The second-order valence-corrected chi connectivity index (χ2v) is 22.9. The summed E-state index contributed by atoms with van der Waals surface area (Å²) in [4.78, 5) is 13.2. The summed E-state index contributed by atoms with van der Waals surface area (Å²) in [5, 5.41) is 86.9. The molecule has 0 aliphatic carbocycles. The first-order valence-corrected chi connectivity index (χ1v) is 31.8. The van der Waals surface area contributed by atoms with Crippen LogP contribution in [0.5, 0.6) is 0 Å². The van der Waals surface area contributed by atoms with Gasteiger partial charge in [-0.15, -0.1) is 0 Å². The smallest absolute Gasteiger partial charge is 0.220 e. The molecule has 2 fully saturated rings. The summed E-state index contributed by atoms with van der Waals surface area (Å²) in [5.74, 6) is -0.203. The van der Waals surface area contributed by atoms with Crippen LogP contribution in [0.25, 0.3) is 0 Å². The molecule has 2 saturated heterocycles. The van der Waals surface area contributed by atoms with Crippen LogP contribution in [-0.2, 0) is 23.7 Å². The highest BCUT2D eigenvalue weighted by molar-refractivity contribution is 5.76. The van der Waals surface area contributed by atoms with Gasteiger partial charge >= 0.3 is 0 Å². The van der Waals surface area contributed by atoms with E-state index in [0.29, 0.717) is 12.8 Å². The summed E-state index contributed by atoms with van der Waals surface area (Å²) >= 11 is 0. The predicted molar refractivity (Wildman–Crippen MR) is 300 cm³/mol. The molecule has 0 aromatic heterocycles. The molecule has 2 aliphatic rings. The van der Waals surface area contributed by atoms with Gasteiger partial charge in [-0.3, -0.25) is 4.79 Å². The van der Waals surface area contributed by atoms with Gasteiger partial charge < -0.3 is 65.1 Å². The topological polar surface area (TPSA) is 228 Å². The number of hydrogen-bond donors (Lipinski definition) is 9. The third kappa shape index (κ3) is 33.4. The van der Waals surface area contributed by atoms with Crippen molar-refractivity contribution in [1.82, 2.24) is 5.32 Å². The number of carbonyl (C=O) groups is 1. The molecule has 12 unspecified atom stereocenters. The van der Waals surface area contributed by atoms with Crippen LogP contribution in [0.3, 0.4) is 0 Å². The fraction of sp³-hybridized carbons (Fsp3) is 0.984. The lowest BCUT2D eigenvalue weighted by Crippen LogP contribution is -2.65. The Hall–Kier alpha value is -1.01. The number of carbonyl (C=O) groups excluding carboxylic acids is 1. The van der Waals surface area contributed by atoms with Gasteiger partial charge in [0.15, 0.2) is 12.6 Å². The maximum Gasteiger partial charge on any atom is 0.220 e. The van der Waals surface area contributed by atoms with Gasteiger partial charge in [-0.05, 0) is 12.8 Å². The van der Waals surface area contributed by atoms with Crippen molar-refractivity contribution in [3.63, 3.8) is 0 Å². The van der Waals surface area contributed by atoms with Crippen molar-refractivity contribution in [3.05, 3.63) is 0 Å². The van der Waals surface area contributed by atoms with Gasteiger partial charge in [0.05, 0.1) is 32.0 Å². The van der Waals surface area contributed by atoms with Crippen LogP contribution in [0.2, 0.25) is 0 Å². The summed E-state index contributed by atoms with van der Waals surface area (Å²) in [5.41, 5.74) is 0. The molecule has 0 bridgehead atoms. The monoisotopic (exact) mass is 1070 g/mol. The minimum Gasteiger partial charge on any atom is -0.394 e. The number of unbranched alkanes of at least 4 members (excludes halogenated alkanes) is 39. The maximum atomic E-state index is 13.2. The number of amides is 1. The standard InChI is InChI=1S/C61H119NO13/c1-3-5-7-9-11-13-14-15-16-17-18-19-20-21-22-23-24-25-26-27-28-29-30-31-32-33-34-35-36-37-39-41-43-45-53(66)62-49(50(65)44-42-40-38-12-10-8-6-4-2)48-72-60-58(71)56(69)59(52(47-64)74-60)75-61-57(70)55(68)54(67)51(46-63)73-61/h49-52,54-61,63-65,67-71H,3-48H2,1-2H3,(H,62,66). The Morgan fingerprint density at radius 3 is 1.13 bits per heavy atom. The zero-order chi connectivity index (χ0) is 54.6. The first kappa shape index (κ1) is 70.1. The number of aliphatic hydroxyl groups is 8. The molecule has 446 valence electrons. The molecule has 0 radical (unpaired) electrons. The van der Waals surface area contributed by atoms with Gasteiger partial charge in [0.2, 0.25) is 5.91 Å². The van der Waals surface area contributed by atoms with E-state index < -0.39 is 86.8 Å². The van der Waals surface area contributed by atoms with Gasteiger partial charge in [-0.25, -0.2) is 0 Å². The first-order chi connectivity index (χ1) is 36.6. The SMILES string of the molecule is CCCCCCCCCCCCCCCCCCCCCCCCCCCCCCCCCCCC(=O)NC(COC1OC(CO)C(OC2OC(CO)C(O)C(O)C2O)C(O)C1O)C(O)CCCCCCCCCC. The highest BCUT2D eigenvalue weighted by atomic mass is 16.7. The molecule has 75 heavy (non-hydrogen) atoms. The van der Waals surface area contributed by atoms with E-state index in [4.69, 9.17) is 18.9 Å². The molecule has 0 aromatic rings. The Bertz CT molecular complexity index is 1270. The van der Waals surface area contributed by atoms with Crippen molar-refractivity contribution < 1.29 is 64.6 Å². The average molecular weight is 1070 g/mol. The van der Waals surface area contributed by atoms with Crippen molar-refractivity contribution >= 4 is 5.91 Å². The van der Waals surface area contributed by atoms with E-state index >= 15 is 0 Å². The van der Waals surface area contributed by atoms with Crippen molar-refractivity contribution in [2.75, 3.05) is 19.8 Å². The van der Waals surface area contributed by atoms with E-state index in [1.54, 1.807) is 0 Å². The van der Waals surface area contributed by atoms with Crippen LogP contribution in [0.15, 0.2) is 0 Å². The Kier molecular flexibility index (Phi) is 44.6. The van der Waals surface area contributed by atoms with Crippen LogP contribution in [0.4, 0.5) is 0 Å². The Balaban J connectivity index is 1.55. The highest BCUT2D eigenvalue weighted by Crippen LogP contribution is 2.30. The number of ether oxygens (including phenoxy) is 4. The molecule has 0 aromatic carbocycles. The Labute approximate surface area is 457 Å². The van der Waals surface area contributed by atoms with Gasteiger partial charge in [0, 0.05) is 6.42 Å². The molecule has 2 rings (SSSR count). The molecule has 9 N–H and O–H groups in total. The molecule has 0 saturated carbocycles. The number of hydrogen-bond acceptors (Lipinski definition) is 13. The van der Waals surface area contributed by atoms with E-state index in [9.17, 15) is 45.6 Å². The van der Waals surface area contributed by atoms with E-state index in [0.717, 1.165) is 51.4 Å². The number of rotatable bonds is 52. The van der Waals surface area contributed by atoms with Crippen molar-refractivity contribution in [2.24, 2.45) is 0 Å². The molecule has 1 amide bonds. The number of nitrogens with one attached hydrogen (secondary N) is 1. The summed E-state index contributed by atoms with van der Waals surface area (Å²) in [6, 6.07) is -0.820. The summed E-state index contributed by atoms with van der Waals surface area (Å²) in [6.07, 6.45) is 37.5. The van der Waals surface area contributed by atoms with Crippen molar-refractivity contribution in [2.45, 2.75) is 364 Å². The van der Waals surface area contributed by atoms with E-state index in [1.165, 1.54) is 212 Å². The zero-order valence-electron chi connectivity index (χ0n) is 48.1. The molecule has 2 aliphatic heterocycles. The van der Waals surface area contributed by atoms with Crippen molar-refractivity contribution in [1.29, 1.82) is 0 Å². The second kappa shape index (κ2) is 47.8. The lowest BCUT2D eigenvalue weighted by atomic mass is 9.97. The normalized spacial score (nSPS) is 24.9. The molecular weight excluding hydrogens is 955 g/mol. The minimum absolute atomic E-state index is 0.203. The first-order valence-electron chi connectivity index (χ1n) is 31.8. The fourth-order valence-corrected chi connectivity index (χ4v) is 10.9. The quantitative estimate of drug-likeness (QED) is 0.0259. The van der Waals surface area contributed by atoms with Gasteiger partial charge in [0.1, 0.15) is 48.8 Å². The molecule has 14 heteroatoms. The predicted octanol–water partition coefficient (Wildman–Crippen LogP) is 11.3. The fourth-order valence-electron chi connectivity index (χ4n) is 10.9. The van der Waals surface area contributed by atoms with Crippen LogP contribution < -0.4 is 5.32 Å². The number of aliphatic hydroxyl groups excluding tert-OH is 8. The Morgan fingerprint density at radius 1 is 0.427 bits per heavy atom. The van der Waals surface area contributed by atoms with Crippen LogP contribution in [0, 0.1) is 0 Å². The van der Waals surface area contributed by atoms with Gasteiger partial charge in [-0.2, -0.15) is 0 Å². The van der Waals surface area contributed by atoms with Crippen LogP contribution in [0.1, 0.15) is 290 Å². The van der Waals surface area contributed by atoms with E-state index in [2.05, 4.69) is 19.2 Å². The van der Waals surface area contributed by atoms with Crippen LogP contribution in [-0.4, -0.2) is 140 Å². The molecule has 12 atom stereocenters. The maximum absolute atomic E-state index is 13.2. The molecular formula is C61H119NO13. The summed E-state index contributed by atoms with van der Waals surface area (Å²) in [6.45, 7) is 2.85. The lowest BCUT2D eigenvalue weighted by Gasteiger charge is -2.46. The highest BCUT2D eigenvalue weighted by Gasteiger charge is 2.51. The van der Waals surface area contributed by atoms with E-state index in [-0.39, 0.29) is 12.5 Å².